The maximum atomic E-state index is 11.9. The summed E-state index contributed by atoms with van der Waals surface area (Å²) < 4.78 is 1.12. The van der Waals surface area contributed by atoms with E-state index in [-0.39, 0.29) is 18.4 Å². The van der Waals surface area contributed by atoms with Crippen molar-refractivity contribution in [1.82, 2.24) is 0 Å². The summed E-state index contributed by atoms with van der Waals surface area (Å²) in [4.78, 5) is 23.4. The summed E-state index contributed by atoms with van der Waals surface area (Å²) in [7, 11) is 0. The van der Waals surface area contributed by atoms with Crippen LogP contribution in [0.1, 0.15) is 19.8 Å². The lowest BCUT2D eigenvalue weighted by atomic mass is 10.2. The number of carbonyl (C=O) groups excluding carboxylic acids is 2. The Bertz CT molecular complexity index is 684. The van der Waals surface area contributed by atoms with Gasteiger partial charge >= 0.3 is 0 Å². The first-order valence-corrected chi connectivity index (χ1v) is 8.84. The predicted octanol–water partition coefficient (Wildman–Crippen LogP) is 4.08. The van der Waals surface area contributed by atoms with Crippen LogP contribution in [-0.2, 0) is 9.59 Å². The Labute approximate surface area is 155 Å². The van der Waals surface area contributed by atoms with Gasteiger partial charge in [0.15, 0.2) is 0 Å². The lowest BCUT2D eigenvalue weighted by Crippen LogP contribution is -2.21. The Morgan fingerprint density at radius 3 is 1.92 bits per heavy atom. The summed E-state index contributed by atoms with van der Waals surface area (Å²) in [5, 5.41) is 8.71. The summed E-state index contributed by atoms with van der Waals surface area (Å²) in [6.45, 7) is 2.14. The molecule has 0 aliphatic carbocycles. The van der Waals surface area contributed by atoms with Gasteiger partial charge < -0.3 is 16.0 Å². The topological polar surface area (TPSA) is 70.2 Å². The molecule has 2 aromatic carbocycles. The van der Waals surface area contributed by atoms with Crippen molar-refractivity contribution in [3.8, 4) is 0 Å². The molecule has 0 atom stereocenters. The highest BCUT2D eigenvalue weighted by molar-refractivity contribution is 14.1. The Hall–Kier alpha value is -2.09. The molecule has 0 radical (unpaired) electrons. The summed E-state index contributed by atoms with van der Waals surface area (Å²) in [5.74, 6) is -0.105. The molecule has 0 aliphatic rings. The fraction of sp³-hybridized carbons (Fsp3) is 0.222. The van der Waals surface area contributed by atoms with E-state index in [1.54, 1.807) is 0 Å². The fourth-order valence-electron chi connectivity index (χ4n) is 2.04. The Balaban J connectivity index is 1.80. The van der Waals surface area contributed by atoms with Gasteiger partial charge in [-0.3, -0.25) is 9.59 Å². The molecule has 2 amide bonds. The Morgan fingerprint density at radius 2 is 1.33 bits per heavy atom. The molecule has 5 nitrogen and oxygen atoms in total. The van der Waals surface area contributed by atoms with Crippen LogP contribution in [-0.4, -0.2) is 18.4 Å². The second-order valence-electron chi connectivity index (χ2n) is 5.28. The van der Waals surface area contributed by atoms with Gasteiger partial charge in [0.05, 0.1) is 6.54 Å². The first kappa shape index (κ1) is 18.3. The van der Waals surface area contributed by atoms with Crippen LogP contribution >= 0.6 is 22.6 Å². The zero-order valence-electron chi connectivity index (χ0n) is 13.4. The van der Waals surface area contributed by atoms with Crippen LogP contribution < -0.4 is 16.0 Å². The van der Waals surface area contributed by atoms with E-state index in [0.717, 1.165) is 27.1 Å². The number of benzene rings is 2. The van der Waals surface area contributed by atoms with Gasteiger partial charge in [-0.25, -0.2) is 0 Å². The van der Waals surface area contributed by atoms with Gasteiger partial charge in [-0.05, 0) is 77.5 Å². The fourth-order valence-corrected chi connectivity index (χ4v) is 2.40. The molecule has 3 N–H and O–H groups in total. The summed E-state index contributed by atoms with van der Waals surface area (Å²) in [6.07, 6.45) is 1.33. The molecule has 0 heterocycles. The van der Waals surface area contributed by atoms with Crippen molar-refractivity contribution >= 4 is 51.5 Å². The highest BCUT2D eigenvalue weighted by Gasteiger charge is 2.03. The average Bonchev–Trinajstić information content (AvgIpc) is 2.56. The van der Waals surface area contributed by atoms with E-state index in [0.29, 0.717) is 6.42 Å². The molecule has 0 fully saturated rings. The van der Waals surface area contributed by atoms with Crippen molar-refractivity contribution in [2.75, 3.05) is 22.5 Å². The monoisotopic (exact) mass is 437 g/mol. The van der Waals surface area contributed by atoms with Gasteiger partial charge in [-0.2, -0.15) is 0 Å². The Morgan fingerprint density at radius 1 is 0.833 bits per heavy atom. The lowest BCUT2D eigenvalue weighted by Gasteiger charge is -2.09. The molecule has 0 unspecified atom stereocenters. The minimum Gasteiger partial charge on any atom is -0.376 e. The van der Waals surface area contributed by atoms with Crippen LogP contribution in [0.3, 0.4) is 0 Å². The zero-order valence-corrected chi connectivity index (χ0v) is 15.6. The minimum absolute atomic E-state index is 0.00936. The smallest absolute Gasteiger partial charge is 0.243 e. The van der Waals surface area contributed by atoms with E-state index >= 15 is 0 Å². The highest BCUT2D eigenvalue weighted by Crippen LogP contribution is 2.14. The molecule has 0 saturated heterocycles. The number of anilines is 3. The second kappa shape index (κ2) is 9.27. The van der Waals surface area contributed by atoms with Gasteiger partial charge in [-0.15, -0.1) is 0 Å². The molecule has 0 spiro atoms. The zero-order chi connectivity index (χ0) is 17.4. The summed E-state index contributed by atoms with van der Waals surface area (Å²) >= 11 is 2.22. The van der Waals surface area contributed by atoms with Crippen molar-refractivity contribution in [2.45, 2.75) is 19.8 Å². The predicted molar refractivity (Wildman–Crippen MR) is 106 cm³/mol. The largest absolute Gasteiger partial charge is 0.376 e. The van der Waals surface area contributed by atoms with Gasteiger partial charge in [0.1, 0.15) is 0 Å². The van der Waals surface area contributed by atoms with E-state index in [9.17, 15) is 9.59 Å². The van der Waals surface area contributed by atoms with Crippen molar-refractivity contribution in [2.24, 2.45) is 0 Å². The third-order valence-corrected chi connectivity index (χ3v) is 3.95. The SMILES string of the molecule is CCCC(=O)Nc1ccc(NCC(=O)Nc2ccc(I)cc2)cc1. The van der Waals surface area contributed by atoms with E-state index in [1.165, 1.54) is 0 Å². The molecule has 126 valence electrons. The number of hydrogen-bond acceptors (Lipinski definition) is 3. The van der Waals surface area contributed by atoms with E-state index in [1.807, 2.05) is 55.5 Å². The molecule has 6 heteroatoms. The maximum absolute atomic E-state index is 11.9. The number of carbonyl (C=O) groups is 2. The van der Waals surface area contributed by atoms with Crippen LogP contribution in [0.4, 0.5) is 17.1 Å². The minimum atomic E-state index is -0.114. The molecule has 2 rings (SSSR count). The molecule has 2 aromatic rings. The molecular weight excluding hydrogens is 417 g/mol. The van der Waals surface area contributed by atoms with Crippen molar-refractivity contribution < 1.29 is 9.59 Å². The van der Waals surface area contributed by atoms with Gasteiger partial charge in [0.25, 0.3) is 0 Å². The summed E-state index contributed by atoms with van der Waals surface area (Å²) in [5.41, 5.74) is 2.35. The van der Waals surface area contributed by atoms with Crippen molar-refractivity contribution in [1.29, 1.82) is 0 Å². The van der Waals surface area contributed by atoms with Crippen LogP contribution in [0.5, 0.6) is 0 Å². The quantitative estimate of drug-likeness (QED) is 0.572. The highest BCUT2D eigenvalue weighted by atomic mass is 127. The molecular formula is C18H20IN3O2. The number of hydrogen-bond donors (Lipinski definition) is 3. The third-order valence-electron chi connectivity index (χ3n) is 3.23. The second-order valence-corrected chi connectivity index (χ2v) is 6.53. The van der Waals surface area contributed by atoms with E-state index < -0.39 is 0 Å². The van der Waals surface area contributed by atoms with Crippen LogP contribution in [0.25, 0.3) is 0 Å². The number of halogens is 1. The molecule has 0 bridgehead atoms. The maximum Gasteiger partial charge on any atom is 0.243 e. The van der Waals surface area contributed by atoms with Crippen molar-refractivity contribution in [3.63, 3.8) is 0 Å². The lowest BCUT2D eigenvalue weighted by molar-refractivity contribution is -0.116. The standard InChI is InChI=1S/C18H20IN3O2/c1-2-3-17(23)21-16-10-8-14(9-11-16)20-12-18(24)22-15-6-4-13(19)5-7-15/h4-11,20H,2-3,12H2,1H3,(H,21,23)(H,22,24). The van der Waals surface area contributed by atoms with Gasteiger partial charge in [-0.1, -0.05) is 6.92 Å². The molecule has 24 heavy (non-hydrogen) atoms. The Kier molecular flexibility index (Phi) is 7.05. The van der Waals surface area contributed by atoms with Crippen LogP contribution in [0.2, 0.25) is 0 Å². The van der Waals surface area contributed by atoms with E-state index in [2.05, 4.69) is 38.5 Å². The molecule has 0 aromatic heterocycles. The van der Waals surface area contributed by atoms with Crippen molar-refractivity contribution in [3.05, 3.63) is 52.1 Å². The first-order chi connectivity index (χ1) is 11.6. The summed E-state index contributed by atoms with van der Waals surface area (Å²) in [6, 6.07) is 14.9. The molecule has 0 aliphatic heterocycles. The normalized spacial score (nSPS) is 10.1. The van der Waals surface area contributed by atoms with Gasteiger partial charge in [0, 0.05) is 27.1 Å². The van der Waals surface area contributed by atoms with Crippen LogP contribution in [0, 0.1) is 3.57 Å². The van der Waals surface area contributed by atoms with Crippen LogP contribution in [0.15, 0.2) is 48.5 Å². The number of amides is 2. The number of rotatable bonds is 7. The average molecular weight is 437 g/mol. The third kappa shape index (κ3) is 6.19. The number of nitrogens with one attached hydrogen (secondary N) is 3. The molecule has 0 saturated carbocycles. The van der Waals surface area contributed by atoms with Gasteiger partial charge in [0.2, 0.25) is 11.8 Å². The first-order valence-electron chi connectivity index (χ1n) is 7.76. The van der Waals surface area contributed by atoms with E-state index in [4.69, 9.17) is 0 Å².